The number of benzene rings is 1. The van der Waals surface area contributed by atoms with Crippen molar-refractivity contribution >= 4 is 12.0 Å². The zero-order chi connectivity index (χ0) is 18.1. The minimum atomic E-state index is -0.520. The van der Waals surface area contributed by atoms with Gasteiger partial charge in [0.2, 0.25) is 0 Å². The van der Waals surface area contributed by atoms with Gasteiger partial charge in [-0.2, -0.15) is 0 Å². The Labute approximate surface area is 144 Å². The van der Waals surface area contributed by atoms with Gasteiger partial charge in [-0.05, 0) is 53.2 Å². The minimum Gasteiger partial charge on any atom is -0.444 e. The molecule has 2 atom stereocenters. The van der Waals surface area contributed by atoms with E-state index in [1.54, 1.807) is 4.90 Å². The standard InChI is InChI=1S/C19H28N2O3/c1-13-9-7-8-10-16(13)17(22)20-11-12-21(15(3)14(20)2)18(23)24-19(4,5)6/h7-10,14-15H,11-12H2,1-6H3/t14-,15+/m0/s1. The molecule has 1 saturated heterocycles. The predicted molar refractivity (Wildman–Crippen MR) is 94.1 cm³/mol. The third kappa shape index (κ3) is 3.89. The van der Waals surface area contributed by atoms with Crippen LogP contribution in [0.3, 0.4) is 0 Å². The molecule has 2 amide bonds. The highest BCUT2D eigenvalue weighted by Gasteiger charge is 2.37. The van der Waals surface area contributed by atoms with E-state index in [2.05, 4.69) is 0 Å². The lowest BCUT2D eigenvalue weighted by Gasteiger charge is -2.45. The van der Waals surface area contributed by atoms with Gasteiger partial charge in [-0.1, -0.05) is 18.2 Å². The average Bonchev–Trinajstić information content (AvgIpc) is 2.48. The Kier molecular flexibility index (Phi) is 5.21. The minimum absolute atomic E-state index is 0.0243. The summed E-state index contributed by atoms with van der Waals surface area (Å²) in [4.78, 5) is 28.8. The summed E-state index contributed by atoms with van der Waals surface area (Å²) < 4.78 is 5.48. The van der Waals surface area contributed by atoms with Crippen LogP contribution >= 0.6 is 0 Å². The number of amides is 2. The number of carbonyl (C=O) groups is 2. The van der Waals surface area contributed by atoms with Gasteiger partial charge in [-0.25, -0.2) is 4.79 Å². The molecule has 0 N–H and O–H groups in total. The maximum atomic E-state index is 12.9. The van der Waals surface area contributed by atoms with Gasteiger partial charge >= 0.3 is 6.09 Å². The van der Waals surface area contributed by atoms with Crippen LogP contribution in [0.5, 0.6) is 0 Å². The highest BCUT2D eigenvalue weighted by molar-refractivity contribution is 5.96. The fraction of sp³-hybridized carbons (Fsp3) is 0.579. The fourth-order valence-corrected chi connectivity index (χ4v) is 2.98. The van der Waals surface area contributed by atoms with Gasteiger partial charge in [0, 0.05) is 24.7 Å². The number of nitrogens with zero attached hydrogens (tertiary/aromatic N) is 2. The molecule has 24 heavy (non-hydrogen) atoms. The molecule has 1 aromatic rings. The van der Waals surface area contributed by atoms with Gasteiger partial charge < -0.3 is 14.5 Å². The molecule has 1 heterocycles. The van der Waals surface area contributed by atoms with E-state index in [9.17, 15) is 9.59 Å². The van der Waals surface area contributed by atoms with E-state index in [1.165, 1.54) is 0 Å². The molecule has 2 rings (SSSR count). The molecule has 1 aliphatic heterocycles. The smallest absolute Gasteiger partial charge is 0.410 e. The van der Waals surface area contributed by atoms with Crippen LogP contribution in [-0.4, -0.2) is 52.6 Å². The molecular formula is C19H28N2O3. The zero-order valence-corrected chi connectivity index (χ0v) is 15.5. The molecule has 1 aliphatic rings. The van der Waals surface area contributed by atoms with Gasteiger partial charge in [0.05, 0.1) is 6.04 Å². The molecule has 0 spiro atoms. The van der Waals surface area contributed by atoms with E-state index < -0.39 is 5.60 Å². The lowest BCUT2D eigenvalue weighted by atomic mass is 10.0. The summed E-state index contributed by atoms with van der Waals surface area (Å²) in [7, 11) is 0. The summed E-state index contributed by atoms with van der Waals surface area (Å²) in [5.74, 6) is 0.0243. The summed E-state index contributed by atoms with van der Waals surface area (Å²) in [6.07, 6.45) is -0.315. The quantitative estimate of drug-likeness (QED) is 0.791. The topological polar surface area (TPSA) is 49.9 Å². The van der Waals surface area contributed by atoms with Gasteiger partial charge in [0.1, 0.15) is 5.60 Å². The molecule has 0 aromatic heterocycles. The second-order valence-electron chi connectivity index (χ2n) is 7.47. The molecule has 1 fully saturated rings. The summed E-state index contributed by atoms with van der Waals surface area (Å²) >= 11 is 0. The first kappa shape index (κ1) is 18.3. The largest absolute Gasteiger partial charge is 0.444 e. The van der Waals surface area contributed by atoms with Crippen molar-refractivity contribution in [2.45, 2.75) is 59.2 Å². The number of carbonyl (C=O) groups excluding carboxylic acids is 2. The van der Waals surface area contributed by atoms with Crippen LogP contribution < -0.4 is 0 Å². The maximum absolute atomic E-state index is 12.9. The number of hydrogen-bond acceptors (Lipinski definition) is 3. The van der Waals surface area contributed by atoms with Crippen molar-refractivity contribution in [2.24, 2.45) is 0 Å². The molecule has 0 bridgehead atoms. The van der Waals surface area contributed by atoms with Crippen molar-refractivity contribution in [3.8, 4) is 0 Å². The Balaban J connectivity index is 2.12. The Morgan fingerprint density at radius 1 is 1.04 bits per heavy atom. The van der Waals surface area contributed by atoms with Crippen LogP contribution in [0.2, 0.25) is 0 Å². The van der Waals surface area contributed by atoms with E-state index in [1.807, 2.05) is 70.7 Å². The first-order valence-electron chi connectivity index (χ1n) is 8.48. The predicted octanol–water partition coefficient (Wildman–Crippen LogP) is 3.46. The Morgan fingerprint density at radius 3 is 2.17 bits per heavy atom. The van der Waals surface area contributed by atoms with Gasteiger partial charge in [-0.3, -0.25) is 4.79 Å². The number of ether oxygens (including phenoxy) is 1. The second kappa shape index (κ2) is 6.83. The molecule has 5 nitrogen and oxygen atoms in total. The number of aryl methyl sites for hydroxylation is 1. The fourth-order valence-electron chi connectivity index (χ4n) is 2.98. The third-order valence-electron chi connectivity index (χ3n) is 4.53. The van der Waals surface area contributed by atoms with E-state index in [-0.39, 0.29) is 24.1 Å². The van der Waals surface area contributed by atoms with Crippen LogP contribution in [-0.2, 0) is 4.74 Å². The number of hydrogen-bond donors (Lipinski definition) is 0. The molecule has 5 heteroatoms. The SMILES string of the molecule is Cc1ccccc1C(=O)N1CCN(C(=O)OC(C)(C)C)[C@H](C)[C@@H]1C. The van der Waals surface area contributed by atoms with E-state index >= 15 is 0 Å². The van der Waals surface area contributed by atoms with Crippen molar-refractivity contribution in [3.05, 3.63) is 35.4 Å². The number of rotatable bonds is 1. The van der Waals surface area contributed by atoms with Crippen LogP contribution in [0.25, 0.3) is 0 Å². The van der Waals surface area contributed by atoms with Crippen molar-refractivity contribution in [1.29, 1.82) is 0 Å². The van der Waals surface area contributed by atoms with Crippen molar-refractivity contribution < 1.29 is 14.3 Å². The Morgan fingerprint density at radius 2 is 1.58 bits per heavy atom. The van der Waals surface area contributed by atoms with E-state index in [4.69, 9.17) is 4.74 Å². The van der Waals surface area contributed by atoms with E-state index in [0.29, 0.717) is 13.1 Å². The van der Waals surface area contributed by atoms with Crippen LogP contribution in [0.15, 0.2) is 24.3 Å². The first-order valence-corrected chi connectivity index (χ1v) is 8.48. The highest BCUT2D eigenvalue weighted by atomic mass is 16.6. The molecule has 0 aliphatic carbocycles. The van der Waals surface area contributed by atoms with Gasteiger partial charge in [-0.15, -0.1) is 0 Å². The van der Waals surface area contributed by atoms with Gasteiger partial charge in [0.15, 0.2) is 0 Å². The highest BCUT2D eigenvalue weighted by Crippen LogP contribution is 2.22. The monoisotopic (exact) mass is 332 g/mol. The van der Waals surface area contributed by atoms with Crippen LogP contribution in [0.1, 0.15) is 50.5 Å². The van der Waals surface area contributed by atoms with Crippen LogP contribution in [0, 0.1) is 6.92 Å². The number of piperazine rings is 1. The normalized spacial score (nSPS) is 21.6. The van der Waals surface area contributed by atoms with E-state index in [0.717, 1.165) is 11.1 Å². The molecule has 0 radical (unpaired) electrons. The molecule has 1 aromatic carbocycles. The lowest BCUT2D eigenvalue weighted by Crippen LogP contribution is -2.60. The molecular weight excluding hydrogens is 304 g/mol. The molecule has 0 saturated carbocycles. The summed E-state index contributed by atoms with van der Waals surface area (Å²) in [6.45, 7) is 12.5. The first-order chi connectivity index (χ1) is 11.1. The van der Waals surface area contributed by atoms with Crippen molar-refractivity contribution in [2.75, 3.05) is 13.1 Å². The van der Waals surface area contributed by atoms with Crippen molar-refractivity contribution in [1.82, 2.24) is 9.80 Å². The zero-order valence-electron chi connectivity index (χ0n) is 15.5. The maximum Gasteiger partial charge on any atom is 0.410 e. The Bertz CT molecular complexity index is 621. The molecule has 132 valence electrons. The van der Waals surface area contributed by atoms with Gasteiger partial charge in [0.25, 0.3) is 5.91 Å². The summed E-state index contributed by atoms with van der Waals surface area (Å²) in [5.41, 5.74) is 1.17. The second-order valence-corrected chi connectivity index (χ2v) is 7.47. The average molecular weight is 332 g/mol. The van der Waals surface area contributed by atoms with Crippen molar-refractivity contribution in [3.63, 3.8) is 0 Å². The Hall–Kier alpha value is -2.04. The summed E-state index contributed by atoms with van der Waals surface area (Å²) in [6, 6.07) is 7.44. The summed E-state index contributed by atoms with van der Waals surface area (Å²) in [5, 5.41) is 0. The van der Waals surface area contributed by atoms with Crippen LogP contribution in [0.4, 0.5) is 4.79 Å². The lowest BCUT2D eigenvalue weighted by molar-refractivity contribution is -0.0101. The third-order valence-corrected chi connectivity index (χ3v) is 4.53. The molecule has 0 unspecified atom stereocenters.